The van der Waals surface area contributed by atoms with E-state index in [0.29, 0.717) is 40.1 Å². The number of ether oxygens (including phenoxy) is 2. The van der Waals surface area contributed by atoms with E-state index in [1.165, 1.54) is 6.20 Å². The first-order valence-corrected chi connectivity index (χ1v) is 8.92. The molecule has 26 heavy (non-hydrogen) atoms. The standard InChI is InChI=1S/C17H23ClN6O2/c1-11(2)14-9-24(5-4-19-14)17-21-8-13(22-23-17)16-15(26-10-25-3)6-12(18)7-20-16/h6-8,11,14,19H,4-5,9-10H2,1-3H3/t14-/m1/s1. The molecule has 0 unspecified atom stereocenters. The van der Waals surface area contributed by atoms with Crippen LogP contribution in [0.2, 0.25) is 5.02 Å². The Morgan fingerprint density at radius 1 is 1.31 bits per heavy atom. The third-order valence-electron chi connectivity index (χ3n) is 4.24. The quantitative estimate of drug-likeness (QED) is 0.764. The van der Waals surface area contributed by atoms with Crippen molar-refractivity contribution in [1.82, 2.24) is 25.5 Å². The minimum absolute atomic E-state index is 0.0886. The summed E-state index contributed by atoms with van der Waals surface area (Å²) in [5.74, 6) is 1.64. The van der Waals surface area contributed by atoms with Crippen molar-refractivity contribution in [3.8, 4) is 17.1 Å². The van der Waals surface area contributed by atoms with E-state index in [-0.39, 0.29) is 6.79 Å². The van der Waals surface area contributed by atoms with Gasteiger partial charge in [-0.2, -0.15) is 0 Å². The van der Waals surface area contributed by atoms with Crippen LogP contribution >= 0.6 is 11.6 Å². The summed E-state index contributed by atoms with van der Waals surface area (Å²) in [6.45, 7) is 7.12. The van der Waals surface area contributed by atoms with E-state index in [9.17, 15) is 0 Å². The first kappa shape index (κ1) is 18.8. The summed E-state index contributed by atoms with van der Waals surface area (Å²) < 4.78 is 10.5. The second kappa shape index (κ2) is 8.57. The molecule has 1 N–H and O–H groups in total. The van der Waals surface area contributed by atoms with Crippen LogP contribution in [0, 0.1) is 5.92 Å². The van der Waals surface area contributed by atoms with Crippen molar-refractivity contribution in [1.29, 1.82) is 0 Å². The fourth-order valence-electron chi connectivity index (χ4n) is 2.77. The highest BCUT2D eigenvalue weighted by molar-refractivity contribution is 6.30. The Kier molecular flexibility index (Phi) is 6.18. The van der Waals surface area contributed by atoms with E-state index in [1.54, 1.807) is 19.4 Å². The number of pyridine rings is 1. The zero-order valence-corrected chi connectivity index (χ0v) is 15.9. The van der Waals surface area contributed by atoms with Crippen molar-refractivity contribution >= 4 is 17.5 Å². The fraction of sp³-hybridized carbons (Fsp3) is 0.529. The van der Waals surface area contributed by atoms with Gasteiger partial charge < -0.3 is 19.7 Å². The van der Waals surface area contributed by atoms with Crippen molar-refractivity contribution in [3.05, 3.63) is 23.5 Å². The average molecular weight is 379 g/mol. The van der Waals surface area contributed by atoms with Gasteiger partial charge in [0.1, 0.15) is 11.4 Å². The predicted molar refractivity (Wildman–Crippen MR) is 99.4 cm³/mol. The van der Waals surface area contributed by atoms with Crippen LogP contribution in [-0.2, 0) is 4.74 Å². The Bertz CT molecular complexity index is 728. The van der Waals surface area contributed by atoms with Gasteiger partial charge in [-0.25, -0.2) is 9.97 Å². The van der Waals surface area contributed by atoms with Crippen LogP contribution in [0.15, 0.2) is 18.5 Å². The molecule has 1 aliphatic rings. The monoisotopic (exact) mass is 378 g/mol. The van der Waals surface area contributed by atoms with E-state index in [0.717, 1.165) is 19.6 Å². The predicted octanol–water partition coefficient (Wildman–Crippen LogP) is 2.00. The number of nitrogens with one attached hydrogen (secondary N) is 1. The molecule has 8 nitrogen and oxygen atoms in total. The molecule has 0 bridgehead atoms. The molecule has 0 spiro atoms. The number of aromatic nitrogens is 4. The number of rotatable bonds is 6. The Morgan fingerprint density at radius 2 is 2.15 bits per heavy atom. The Balaban J connectivity index is 1.79. The molecule has 2 aromatic rings. The van der Waals surface area contributed by atoms with Gasteiger partial charge in [-0.3, -0.25) is 0 Å². The highest BCUT2D eigenvalue weighted by atomic mass is 35.5. The topological polar surface area (TPSA) is 85.3 Å². The second-order valence-electron chi connectivity index (χ2n) is 6.45. The molecule has 1 atom stereocenters. The number of hydrogen-bond donors (Lipinski definition) is 1. The van der Waals surface area contributed by atoms with Gasteiger partial charge in [0.2, 0.25) is 5.95 Å². The van der Waals surface area contributed by atoms with Crippen LogP contribution in [0.25, 0.3) is 11.4 Å². The maximum atomic E-state index is 6.00. The molecule has 0 saturated carbocycles. The Hall–Kier alpha value is -2.03. The molecule has 140 valence electrons. The fourth-order valence-corrected chi connectivity index (χ4v) is 2.92. The summed E-state index contributed by atoms with van der Waals surface area (Å²) in [6, 6.07) is 2.08. The van der Waals surface area contributed by atoms with Crippen LogP contribution in [0.3, 0.4) is 0 Å². The molecule has 2 aromatic heterocycles. The average Bonchev–Trinajstić information content (AvgIpc) is 2.67. The number of piperazine rings is 1. The van der Waals surface area contributed by atoms with Crippen molar-refractivity contribution in [2.45, 2.75) is 19.9 Å². The van der Waals surface area contributed by atoms with Crippen molar-refractivity contribution in [2.75, 3.05) is 38.4 Å². The van der Waals surface area contributed by atoms with Gasteiger partial charge in [-0.1, -0.05) is 25.4 Å². The highest BCUT2D eigenvalue weighted by Crippen LogP contribution is 2.28. The minimum atomic E-state index is 0.0886. The zero-order valence-electron chi connectivity index (χ0n) is 15.1. The molecule has 9 heteroatoms. The van der Waals surface area contributed by atoms with Crippen LogP contribution in [-0.4, -0.2) is 59.7 Å². The number of hydrogen-bond acceptors (Lipinski definition) is 8. The van der Waals surface area contributed by atoms with Gasteiger partial charge in [-0.15, -0.1) is 10.2 Å². The lowest BCUT2D eigenvalue weighted by atomic mass is 10.0. The molecule has 3 rings (SSSR count). The van der Waals surface area contributed by atoms with Gasteiger partial charge in [0.15, 0.2) is 12.5 Å². The van der Waals surface area contributed by atoms with Gasteiger partial charge >= 0.3 is 0 Å². The summed E-state index contributed by atoms with van der Waals surface area (Å²) in [5.41, 5.74) is 1.05. The zero-order chi connectivity index (χ0) is 18.5. The van der Waals surface area contributed by atoms with E-state index in [2.05, 4.69) is 44.2 Å². The number of anilines is 1. The molecular weight excluding hydrogens is 356 g/mol. The summed E-state index contributed by atoms with van der Waals surface area (Å²) in [4.78, 5) is 10.9. The maximum Gasteiger partial charge on any atom is 0.245 e. The molecule has 1 fully saturated rings. The second-order valence-corrected chi connectivity index (χ2v) is 6.88. The first-order chi connectivity index (χ1) is 12.6. The third-order valence-corrected chi connectivity index (χ3v) is 4.44. The number of halogens is 1. The summed E-state index contributed by atoms with van der Waals surface area (Å²) >= 11 is 6.00. The minimum Gasteiger partial charge on any atom is -0.465 e. The molecular formula is C17H23ClN6O2. The normalized spacial score (nSPS) is 17.6. The lowest BCUT2D eigenvalue weighted by Crippen LogP contribution is -2.53. The Labute approximate surface area is 157 Å². The molecule has 0 amide bonds. The number of nitrogens with zero attached hydrogens (tertiary/aromatic N) is 5. The van der Waals surface area contributed by atoms with E-state index in [1.807, 2.05) is 0 Å². The summed E-state index contributed by atoms with van der Waals surface area (Å²) in [5, 5.41) is 12.6. The van der Waals surface area contributed by atoms with Crippen LogP contribution in [0.5, 0.6) is 5.75 Å². The van der Waals surface area contributed by atoms with Crippen LogP contribution in [0.4, 0.5) is 5.95 Å². The van der Waals surface area contributed by atoms with Crippen LogP contribution < -0.4 is 15.0 Å². The van der Waals surface area contributed by atoms with Crippen molar-refractivity contribution in [2.24, 2.45) is 5.92 Å². The van der Waals surface area contributed by atoms with Gasteiger partial charge in [0.25, 0.3) is 0 Å². The molecule has 3 heterocycles. The van der Waals surface area contributed by atoms with Crippen molar-refractivity contribution in [3.63, 3.8) is 0 Å². The molecule has 1 aliphatic heterocycles. The smallest absolute Gasteiger partial charge is 0.245 e. The Morgan fingerprint density at radius 3 is 2.85 bits per heavy atom. The first-order valence-electron chi connectivity index (χ1n) is 8.54. The lowest BCUT2D eigenvalue weighted by molar-refractivity contribution is 0.0513. The molecule has 1 saturated heterocycles. The van der Waals surface area contributed by atoms with Crippen molar-refractivity contribution < 1.29 is 9.47 Å². The van der Waals surface area contributed by atoms with E-state index >= 15 is 0 Å². The maximum absolute atomic E-state index is 6.00. The van der Waals surface area contributed by atoms with E-state index in [4.69, 9.17) is 21.1 Å². The summed E-state index contributed by atoms with van der Waals surface area (Å²) in [7, 11) is 1.55. The third kappa shape index (κ3) is 4.38. The largest absolute Gasteiger partial charge is 0.465 e. The SMILES string of the molecule is COCOc1cc(Cl)cnc1-c1cnc(N2CCN[C@@H](C(C)C)C2)nn1. The van der Waals surface area contributed by atoms with Gasteiger partial charge in [0, 0.05) is 45.0 Å². The van der Waals surface area contributed by atoms with E-state index < -0.39 is 0 Å². The lowest BCUT2D eigenvalue weighted by Gasteiger charge is -2.35. The van der Waals surface area contributed by atoms with Crippen LogP contribution in [0.1, 0.15) is 13.8 Å². The molecule has 0 aromatic carbocycles. The number of methoxy groups -OCH3 is 1. The molecule has 0 radical (unpaired) electrons. The summed E-state index contributed by atoms with van der Waals surface area (Å²) in [6.07, 6.45) is 3.19. The van der Waals surface area contributed by atoms with Gasteiger partial charge in [-0.05, 0) is 5.92 Å². The molecule has 0 aliphatic carbocycles. The highest BCUT2D eigenvalue weighted by Gasteiger charge is 2.24. The van der Waals surface area contributed by atoms with Gasteiger partial charge in [0.05, 0.1) is 11.2 Å².